The topological polar surface area (TPSA) is 35.5 Å². The lowest BCUT2D eigenvalue weighted by Crippen LogP contribution is -2.44. The number of rotatable bonds is 6. The highest BCUT2D eigenvalue weighted by Gasteiger charge is 2.39. The predicted octanol–water partition coefficient (Wildman–Crippen LogP) is 3.55. The van der Waals surface area contributed by atoms with Gasteiger partial charge in [-0.1, -0.05) is 31.4 Å². The number of Topliss-reactive ketones (excluding diaryl/α,β-unsaturated/α-hetero) is 1. The molecule has 0 aromatic heterocycles. The molecule has 1 fully saturated rings. The summed E-state index contributed by atoms with van der Waals surface area (Å²) >= 11 is 0. The van der Waals surface area contributed by atoms with Gasteiger partial charge in [-0.15, -0.1) is 0 Å². The number of benzene rings is 1. The largest absolute Gasteiger partial charge is 0.497 e. The molecule has 110 valence electrons. The van der Waals surface area contributed by atoms with Gasteiger partial charge in [-0.3, -0.25) is 4.79 Å². The molecule has 0 atom stereocenters. The molecule has 3 heteroatoms. The molecule has 0 radical (unpaired) electrons. The molecule has 0 bridgehead atoms. The monoisotopic (exact) mass is 276 g/mol. The first-order valence-corrected chi connectivity index (χ1v) is 7.50. The lowest BCUT2D eigenvalue weighted by Gasteiger charge is -2.35. The van der Waals surface area contributed by atoms with Crippen molar-refractivity contribution in [3.63, 3.8) is 0 Å². The Labute approximate surface area is 121 Å². The average molecular weight is 276 g/mol. The van der Waals surface area contributed by atoms with E-state index < -0.39 is 5.60 Å². The van der Waals surface area contributed by atoms with E-state index in [1.54, 1.807) is 7.11 Å². The number of carbonyl (C=O) groups is 1. The maximum absolute atomic E-state index is 12.7. The second-order valence-electron chi connectivity index (χ2n) is 5.44. The molecule has 1 aliphatic carbocycles. The van der Waals surface area contributed by atoms with E-state index >= 15 is 0 Å². The fraction of sp³-hybridized carbons (Fsp3) is 0.588. The summed E-state index contributed by atoms with van der Waals surface area (Å²) in [5.41, 5.74) is 0.454. The van der Waals surface area contributed by atoms with E-state index in [9.17, 15) is 4.79 Å². The molecular formula is C17H24O3. The van der Waals surface area contributed by atoms with Gasteiger partial charge in [-0.05, 0) is 37.5 Å². The van der Waals surface area contributed by atoms with Gasteiger partial charge in [0.25, 0.3) is 0 Å². The number of carbonyl (C=O) groups excluding carboxylic acids is 1. The third-order valence-electron chi connectivity index (χ3n) is 4.09. The second kappa shape index (κ2) is 6.89. The highest BCUT2D eigenvalue weighted by molar-refractivity contribution is 5.89. The van der Waals surface area contributed by atoms with Crippen molar-refractivity contribution in [2.75, 3.05) is 13.7 Å². The van der Waals surface area contributed by atoms with Crippen LogP contribution in [0.1, 0.15) is 44.6 Å². The SMILES string of the molecule is CCOC1(C(=O)Cc2cccc(OC)c2)CCCCC1. The quantitative estimate of drug-likeness (QED) is 0.797. The molecule has 0 N–H and O–H groups in total. The lowest BCUT2D eigenvalue weighted by atomic mass is 9.79. The summed E-state index contributed by atoms with van der Waals surface area (Å²) in [5.74, 6) is 1.01. The van der Waals surface area contributed by atoms with E-state index in [2.05, 4.69) is 0 Å². The summed E-state index contributed by atoms with van der Waals surface area (Å²) in [4.78, 5) is 12.7. The highest BCUT2D eigenvalue weighted by Crippen LogP contribution is 2.33. The van der Waals surface area contributed by atoms with Gasteiger partial charge in [0, 0.05) is 13.0 Å². The molecule has 0 spiro atoms. The van der Waals surface area contributed by atoms with Gasteiger partial charge in [-0.25, -0.2) is 0 Å². The average Bonchev–Trinajstić information content (AvgIpc) is 2.48. The van der Waals surface area contributed by atoms with Gasteiger partial charge in [-0.2, -0.15) is 0 Å². The Morgan fingerprint density at radius 3 is 2.65 bits per heavy atom. The smallest absolute Gasteiger partial charge is 0.168 e. The zero-order valence-electron chi connectivity index (χ0n) is 12.5. The van der Waals surface area contributed by atoms with Gasteiger partial charge in [0.1, 0.15) is 11.4 Å². The van der Waals surface area contributed by atoms with E-state index in [1.165, 1.54) is 6.42 Å². The third kappa shape index (κ3) is 3.40. The van der Waals surface area contributed by atoms with Crippen LogP contribution in [0.3, 0.4) is 0 Å². The number of hydrogen-bond donors (Lipinski definition) is 0. The Morgan fingerprint density at radius 2 is 2.00 bits per heavy atom. The Hall–Kier alpha value is -1.35. The Balaban J connectivity index is 2.11. The first kappa shape index (κ1) is 15.0. The summed E-state index contributed by atoms with van der Waals surface area (Å²) in [7, 11) is 1.64. The maximum Gasteiger partial charge on any atom is 0.168 e. The molecule has 20 heavy (non-hydrogen) atoms. The van der Waals surface area contributed by atoms with Gasteiger partial charge in [0.05, 0.1) is 7.11 Å². The first-order chi connectivity index (χ1) is 9.70. The Kier molecular flexibility index (Phi) is 5.18. The number of methoxy groups -OCH3 is 1. The molecule has 0 aliphatic heterocycles. The van der Waals surface area contributed by atoms with Crippen LogP contribution in [-0.2, 0) is 16.0 Å². The van der Waals surface area contributed by atoms with Gasteiger partial charge in [0.15, 0.2) is 5.78 Å². The molecular weight excluding hydrogens is 252 g/mol. The van der Waals surface area contributed by atoms with Crippen molar-refractivity contribution in [2.45, 2.75) is 51.0 Å². The van der Waals surface area contributed by atoms with Crippen LogP contribution in [0.4, 0.5) is 0 Å². The van der Waals surface area contributed by atoms with Crippen LogP contribution < -0.4 is 4.74 Å². The van der Waals surface area contributed by atoms with Crippen LogP contribution in [0.5, 0.6) is 5.75 Å². The summed E-state index contributed by atoms with van der Waals surface area (Å²) < 4.78 is 11.1. The number of ketones is 1. The molecule has 2 rings (SSSR count). The molecule has 1 aromatic rings. The van der Waals surface area contributed by atoms with Crippen molar-refractivity contribution in [1.82, 2.24) is 0 Å². The van der Waals surface area contributed by atoms with Crippen LogP contribution in [0.25, 0.3) is 0 Å². The van der Waals surface area contributed by atoms with E-state index in [0.29, 0.717) is 13.0 Å². The highest BCUT2D eigenvalue weighted by atomic mass is 16.5. The van der Waals surface area contributed by atoms with E-state index in [-0.39, 0.29) is 5.78 Å². The van der Waals surface area contributed by atoms with Gasteiger partial charge in [0.2, 0.25) is 0 Å². The zero-order chi connectivity index (χ0) is 14.4. The fourth-order valence-corrected chi connectivity index (χ4v) is 3.03. The first-order valence-electron chi connectivity index (χ1n) is 7.50. The third-order valence-corrected chi connectivity index (χ3v) is 4.09. The lowest BCUT2D eigenvalue weighted by molar-refractivity contribution is -0.148. The second-order valence-corrected chi connectivity index (χ2v) is 5.44. The summed E-state index contributed by atoms with van der Waals surface area (Å²) in [6.45, 7) is 2.57. The van der Waals surface area contributed by atoms with Crippen LogP contribution >= 0.6 is 0 Å². The minimum absolute atomic E-state index is 0.215. The van der Waals surface area contributed by atoms with E-state index in [1.807, 2.05) is 31.2 Å². The van der Waals surface area contributed by atoms with Crippen molar-refractivity contribution < 1.29 is 14.3 Å². The molecule has 0 amide bonds. The number of hydrogen-bond acceptors (Lipinski definition) is 3. The minimum Gasteiger partial charge on any atom is -0.497 e. The molecule has 3 nitrogen and oxygen atoms in total. The Morgan fingerprint density at radius 1 is 1.25 bits per heavy atom. The van der Waals surface area contributed by atoms with Crippen molar-refractivity contribution in [3.8, 4) is 5.75 Å². The minimum atomic E-state index is -0.546. The van der Waals surface area contributed by atoms with Crippen LogP contribution in [0.15, 0.2) is 24.3 Å². The predicted molar refractivity (Wildman–Crippen MR) is 79.1 cm³/mol. The number of ether oxygens (including phenoxy) is 2. The van der Waals surface area contributed by atoms with Crippen molar-refractivity contribution >= 4 is 5.78 Å². The molecule has 0 heterocycles. The standard InChI is InChI=1S/C17H24O3/c1-3-20-17(10-5-4-6-11-17)16(18)13-14-8-7-9-15(12-14)19-2/h7-9,12H,3-6,10-11,13H2,1-2H3. The maximum atomic E-state index is 12.7. The summed E-state index contributed by atoms with van der Waals surface area (Å²) in [6, 6.07) is 7.73. The summed E-state index contributed by atoms with van der Waals surface area (Å²) in [5, 5.41) is 0. The zero-order valence-corrected chi connectivity index (χ0v) is 12.5. The van der Waals surface area contributed by atoms with Gasteiger partial charge >= 0.3 is 0 Å². The van der Waals surface area contributed by atoms with Crippen LogP contribution in [0, 0.1) is 0 Å². The molecule has 1 aliphatic rings. The van der Waals surface area contributed by atoms with Gasteiger partial charge < -0.3 is 9.47 Å². The molecule has 0 unspecified atom stereocenters. The van der Waals surface area contributed by atoms with Crippen LogP contribution in [0.2, 0.25) is 0 Å². The molecule has 0 saturated heterocycles. The van der Waals surface area contributed by atoms with E-state index in [0.717, 1.165) is 37.0 Å². The molecule has 1 saturated carbocycles. The van der Waals surface area contributed by atoms with Crippen molar-refractivity contribution in [1.29, 1.82) is 0 Å². The van der Waals surface area contributed by atoms with Crippen molar-refractivity contribution in [3.05, 3.63) is 29.8 Å². The Bertz CT molecular complexity index is 442. The fourth-order valence-electron chi connectivity index (χ4n) is 3.03. The summed E-state index contributed by atoms with van der Waals surface area (Å²) in [6.07, 6.45) is 5.54. The normalized spacial score (nSPS) is 17.7. The van der Waals surface area contributed by atoms with E-state index in [4.69, 9.17) is 9.47 Å². The van der Waals surface area contributed by atoms with Crippen LogP contribution in [-0.4, -0.2) is 25.1 Å². The molecule has 1 aromatic carbocycles. The van der Waals surface area contributed by atoms with Crippen molar-refractivity contribution in [2.24, 2.45) is 0 Å².